The standard InChI is InChI=1S/C11H17NO4/c13-10(14)8-3-4-12(5-7-1-2-7)6-9(8)11(15)16/h7-9H,1-6H2,(H,13,14)(H,15,16). The molecule has 1 saturated heterocycles. The highest BCUT2D eigenvalue weighted by atomic mass is 16.4. The average Bonchev–Trinajstić information content (AvgIpc) is 3.01. The summed E-state index contributed by atoms with van der Waals surface area (Å²) in [5, 5.41) is 18.0. The first-order valence-corrected chi connectivity index (χ1v) is 5.76. The summed E-state index contributed by atoms with van der Waals surface area (Å²) in [4.78, 5) is 24.1. The van der Waals surface area contributed by atoms with E-state index in [0.29, 0.717) is 13.0 Å². The Morgan fingerprint density at radius 1 is 1.06 bits per heavy atom. The van der Waals surface area contributed by atoms with Crippen molar-refractivity contribution in [3.05, 3.63) is 0 Å². The first kappa shape index (κ1) is 11.4. The van der Waals surface area contributed by atoms with Crippen LogP contribution in [-0.2, 0) is 9.59 Å². The fourth-order valence-corrected chi connectivity index (χ4v) is 2.40. The second kappa shape index (κ2) is 4.41. The zero-order chi connectivity index (χ0) is 11.7. The number of carbonyl (C=O) groups is 2. The third kappa shape index (κ3) is 2.52. The Bertz CT molecular complexity index is 300. The quantitative estimate of drug-likeness (QED) is 0.731. The first-order chi connectivity index (χ1) is 7.58. The lowest BCUT2D eigenvalue weighted by Gasteiger charge is -2.34. The number of aliphatic carboxylic acids is 2. The molecule has 2 fully saturated rings. The lowest BCUT2D eigenvalue weighted by atomic mass is 9.85. The summed E-state index contributed by atoms with van der Waals surface area (Å²) in [5.41, 5.74) is 0. The molecule has 90 valence electrons. The SMILES string of the molecule is O=C(O)C1CCN(CC2CC2)CC1C(=O)O. The molecule has 1 saturated carbocycles. The lowest BCUT2D eigenvalue weighted by molar-refractivity contribution is -0.157. The van der Waals surface area contributed by atoms with Crippen molar-refractivity contribution in [3.63, 3.8) is 0 Å². The van der Waals surface area contributed by atoms with Crippen LogP contribution in [0.5, 0.6) is 0 Å². The maximum absolute atomic E-state index is 11.0. The van der Waals surface area contributed by atoms with Gasteiger partial charge in [0.25, 0.3) is 0 Å². The maximum atomic E-state index is 11.0. The first-order valence-electron chi connectivity index (χ1n) is 5.76. The van der Waals surface area contributed by atoms with Gasteiger partial charge in [-0.3, -0.25) is 9.59 Å². The highest BCUT2D eigenvalue weighted by molar-refractivity contribution is 5.80. The molecule has 0 bridgehead atoms. The maximum Gasteiger partial charge on any atom is 0.308 e. The molecule has 5 heteroatoms. The van der Waals surface area contributed by atoms with Crippen molar-refractivity contribution in [3.8, 4) is 0 Å². The van der Waals surface area contributed by atoms with Crippen molar-refractivity contribution in [1.29, 1.82) is 0 Å². The summed E-state index contributed by atoms with van der Waals surface area (Å²) in [6.07, 6.45) is 2.92. The van der Waals surface area contributed by atoms with Crippen molar-refractivity contribution in [2.24, 2.45) is 17.8 Å². The van der Waals surface area contributed by atoms with Crippen LogP contribution < -0.4 is 0 Å². The molecule has 0 aromatic rings. The molecule has 0 aromatic heterocycles. The van der Waals surface area contributed by atoms with Gasteiger partial charge in [-0.1, -0.05) is 0 Å². The minimum absolute atomic E-state index is 0.392. The Hall–Kier alpha value is -1.10. The largest absolute Gasteiger partial charge is 0.481 e. The molecule has 0 radical (unpaired) electrons. The minimum atomic E-state index is -0.979. The van der Waals surface area contributed by atoms with E-state index in [1.807, 2.05) is 0 Å². The van der Waals surface area contributed by atoms with Crippen LogP contribution in [0, 0.1) is 17.8 Å². The van der Waals surface area contributed by atoms with Crippen LogP contribution >= 0.6 is 0 Å². The van der Waals surface area contributed by atoms with E-state index in [-0.39, 0.29) is 0 Å². The molecule has 1 aliphatic carbocycles. The van der Waals surface area contributed by atoms with E-state index in [1.165, 1.54) is 12.8 Å². The Morgan fingerprint density at radius 2 is 1.69 bits per heavy atom. The van der Waals surface area contributed by atoms with Crippen LogP contribution in [0.25, 0.3) is 0 Å². The number of hydrogen-bond donors (Lipinski definition) is 2. The number of hydrogen-bond acceptors (Lipinski definition) is 3. The second-order valence-electron chi connectivity index (χ2n) is 4.88. The zero-order valence-electron chi connectivity index (χ0n) is 9.13. The van der Waals surface area contributed by atoms with E-state index < -0.39 is 23.8 Å². The smallest absolute Gasteiger partial charge is 0.308 e. The molecule has 0 spiro atoms. The third-order valence-corrected chi connectivity index (χ3v) is 3.54. The molecule has 2 aliphatic rings. The number of rotatable bonds is 4. The second-order valence-corrected chi connectivity index (χ2v) is 4.88. The van der Waals surface area contributed by atoms with Gasteiger partial charge in [0.05, 0.1) is 11.8 Å². The van der Waals surface area contributed by atoms with Gasteiger partial charge in [-0.15, -0.1) is 0 Å². The molecule has 1 heterocycles. The van der Waals surface area contributed by atoms with Crippen LogP contribution in [0.15, 0.2) is 0 Å². The van der Waals surface area contributed by atoms with Crippen LogP contribution in [0.4, 0.5) is 0 Å². The summed E-state index contributed by atoms with van der Waals surface area (Å²) >= 11 is 0. The summed E-state index contributed by atoms with van der Waals surface area (Å²) < 4.78 is 0. The molecule has 5 nitrogen and oxygen atoms in total. The predicted molar refractivity (Wildman–Crippen MR) is 56.0 cm³/mol. The van der Waals surface area contributed by atoms with Crippen LogP contribution in [0.1, 0.15) is 19.3 Å². The van der Waals surface area contributed by atoms with Gasteiger partial charge in [0.1, 0.15) is 0 Å². The van der Waals surface area contributed by atoms with Crippen molar-refractivity contribution in [2.75, 3.05) is 19.6 Å². The van der Waals surface area contributed by atoms with E-state index in [0.717, 1.165) is 19.0 Å². The van der Waals surface area contributed by atoms with Crippen LogP contribution in [0.3, 0.4) is 0 Å². The molecule has 1 aliphatic heterocycles. The lowest BCUT2D eigenvalue weighted by Crippen LogP contribution is -2.47. The van der Waals surface area contributed by atoms with E-state index >= 15 is 0 Å². The van der Waals surface area contributed by atoms with Crippen LogP contribution in [0.2, 0.25) is 0 Å². The van der Waals surface area contributed by atoms with E-state index in [9.17, 15) is 9.59 Å². The molecule has 2 rings (SSSR count). The number of likely N-dealkylation sites (tertiary alicyclic amines) is 1. The normalized spacial score (nSPS) is 31.2. The van der Waals surface area contributed by atoms with Gasteiger partial charge in [-0.2, -0.15) is 0 Å². The number of piperidine rings is 1. The summed E-state index contributed by atoms with van der Waals surface area (Å²) in [6, 6.07) is 0. The Morgan fingerprint density at radius 3 is 2.19 bits per heavy atom. The highest BCUT2D eigenvalue weighted by Crippen LogP contribution is 2.32. The number of nitrogens with zero attached hydrogens (tertiary/aromatic N) is 1. The molecule has 2 atom stereocenters. The van der Waals surface area contributed by atoms with Gasteiger partial charge in [0, 0.05) is 13.1 Å². The average molecular weight is 227 g/mol. The topological polar surface area (TPSA) is 77.8 Å². The number of carboxylic acids is 2. The van der Waals surface area contributed by atoms with Gasteiger partial charge in [0.2, 0.25) is 0 Å². The predicted octanol–water partition coefficient (Wildman–Crippen LogP) is 0.504. The van der Waals surface area contributed by atoms with Crippen molar-refractivity contribution in [1.82, 2.24) is 4.90 Å². The monoisotopic (exact) mass is 227 g/mol. The molecule has 0 amide bonds. The molecule has 2 N–H and O–H groups in total. The number of carboxylic acid groups (broad SMARTS) is 2. The summed E-state index contributed by atoms with van der Waals surface area (Å²) in [5.74, 6) is -2.69. The van der Waals surface area contributed by atoms with Gasteiger partial charge in [-0.25, -0.2) is 0 Å². The molecular formula is C11H17NO4. The summed E-state index contributed by atoms with van der Waals surface area (Å²) in [7, 11) is 0. The fourth-order valence-electron chi connectivity index (χ4n) is 2.40. The van der Waals surface area contributed by atoms with Gasteiger partial charge in [-0.05, 0) is 31.7 Å². The Balaban J connectivity index is 1.96. The van der Waals surface area contributed by atoms with Gasteiger partial charge < -0.3 is 15.1 Å². The Labute approximate surface area is 94.0 Å². The van der Waals surface area contributed by atoms with Crippen molar-refractivity contribution >= 4 is 11.9 Å². The fraction of sp³-hybridized carbons (Fsp3) is 0.818. The molecular weight excluding hydrogens is 210 g/mol. The van der Waals surface area contributed by atoms with Gasteiger partial charge >= 0.3 is 11.9 Å². The van der Waals surface area contributed by atoms with E-state index in [1.54, 1.807) is 0 Å². The third-order valence-electron chi connectivity index (χ3n) is 3.54. The van der Waals surface area contributed by atoms with Crippen molar-refractivity contribution in [2.45, 2.75) is 19.3 Å². The zero-order valence-corrected chi connectivity index (χ0v) is 9.13. The summed E-state index contributed by atoms with van der Waals surface area (Å²) in [6.45, 7) is 2.05. The highest BCUT2D eigenvalue weighted by Gasteiger charge is 2.39. The van der Waals surface area contributed by atoms with Crippen LogP contribution in [-0.4, -0.2) is 46.7 Å². The van der Waals surface area contributed by atoms with E-state index in [2.05, 4.69) is 4.90 Å². The molecule has 2 unspecified atom stereocenters. The van der Waals surface area contributed by atoms with Crippen molar-refractivity contribution < 1.29 is 19.8 Å². The minimum Gasteiger partial charge on any atom is -0.481 e. The Kier molecular flexibility index (Phi) is 3.14. The molecule has 16 heavy (non-hydrogen) atoms. The van der Waals surface area contributed by atoms with Gasteiger partial charge in [0.15, 0.2) is 0 Å². The molecule has 0 aromatic carbocycles. The van der Waals surface area contributed by atoms with E-state index in [4.69, 9.17) is 10.2 Å².